The summed E-state index contributed by atoms with van der Waals surface area (Å²) in [4.78, 5) is 0. The molecule has 0 aliphatic heterocycles. The van der Waals surface area contributed by atoms with E-state index >= 15 is 0 Å². The highest BCUT2D eigenvalue weighted by molar-refractivity contribution is 6.08. The lowest BCUT2D eigenvalue weighted by molar-refractivity contribution is 0.701. The van der Waals surface area contributed by atoms with Crippen LogP contribution in [0.15, 0.2) is 0 Å². The second-order valence-corrected chi connectivity index (χ2v) is 2.31. The van der Waals surface area contributed by atoms with E-state index in [9.17, 15) is 0 Å². The molecule has 0 bridgehead atoms. The van der Waals surface area contributed by atoms with Gasteiger partial charge in [0.05, 0.1) is 0 Å². The largest absolute Gasteiger partial charge is 0.0658 e. The summed E-state index contributed by atoms with van der Waals surface area (Å²) in [5.74, 6) is 0. The Labute approximate surface area is 53.4 Å². The van der Waals surface area contributed by atoms with Gasteiger partial charge in [-0.3, -0.25) is 0 Å². The normalized spacial score (nSPS) is 17.6. The topological polar surface area (TPSA) is 0 Å². The molecule has 0 atom stereocenters. The Balaban J connectivity index is 3.04. The Morgan fingerprint density at radius 3 is 2.86 bits per heavy atom. The van der Waals surface area contributed by atoms with Crippen LogP contribution in [-0.4, -0.2) is 13.7 Å². The van der Waals surface area contributed by atoms with Crippen molar-refractivity contribution in [3.63, 3.8) is 0 Å². The Morgan fingerprint density at radius 1 is 1.43 bits per heavy atom. The molecule has 0 radical (unpaired) electrons. The molecule has 0 fully saturated rings. The molecule has 0 aliphatic carbocycles. The van der Waals surface area contributed by atoms with Gasteiger partial charge in [0.15, 0.2) is 0 Å². The van der Waals surface area contributed by atoms with Crippen LogP contribution in [0.25, 0.3) is 0 Å². The van der Waals surface area contributed by atoms with Gasteiger partial charge in [-0.2, -0.15) is 0 Å². The summed E-state index contributed by atoms with van der Waals surface area (Å²) in [6.07, 6.45) is 4.38. The van der Waals surface area contributed by atoms with Crippen molar-refractivity contribution < 1.29 is 0 Å². The Hall–Kier alpha value is 0.217. The average Bonchev–Trinajstić information content (AvgIpc) is 1.78. The molecule has 0 aromatic carbocycles. The summed E-state index contributed by atoms with van der Waals surface area (Å²) >= 11 is 0. The Morgan fingerprint density at radius 2 is 2.29 bits per heavy atom. The zero-order chi connectivity index (χ0) is 8.04. The van der Waals surface area contributed by atoms with Gasteiger partial charge in [0, 0.05) is 13.7 Å². The molecular weight excluding hydrogens is 100 g/mol. The monoisotopic (exact) mass is 122 g/mol. The molecule has 0 nitrogen and oxygen atoms in total. The number of unbranched alkanes of at least 4 members (excludes halogenated alkanes) is 3. The highest BCUT2D eigenvalue weighted by Crippen LogP contribution is 1.99. The van der Waals surface area contributed by atoms with Crippen molar-refractivity contribution in [3.05, 3.63) is 0 Å². The smallest absolute Gasteiger partial charge is 0.00729 e. The van der Waals surface area contributed by atoms with E-state index in [0.717, 1.165) is 12.8 Å². The van der Waals surface area contributed by atoms with Gasteiger partial charge in [-0.1, -0.05) is 38.7 Å². The van der Waals surface area contributed by atoms with Crippen molar-refractivity contribution in [2.24, 2.45) is 0 Å². The summed E-state index contributed by atoms with van der Waals surface area (Å²) in [7, 11) is -2.96. The van der Waals surface area contributed by atoms with Gasteiger partial charge in [-0.15, -0.1) is 0 Å². The maximum Gasteiger partial charge on any atom is 0.00729 e. The quantitative estimate of drug-likeness (QED) is 0.381. The Kier molecular flexibility index (Phi) is 2.92. The van der Waals surface area contributed by atoms with Gasteiger partial charge in [-0.25, -0.2) is 0 Å². The fourth-order valence-corrected chi connectivity index (χ4v) is 0.802. The second-order valence-electron chi connectivity index (χ2n) is 1.81. The second kappa shape index (κ2) is 6.22. The van der Waals surface area contributed by atoms with Crippen LogP contribution in [0.1, 0.15) is 32.6 Å². The van der Waals surface area contributed by atoms with E-state index in [1.807, 2.05) is 0 Å². The zero-order valence-electron chi connectivity index (χ0n) is 8.04. The first-order valence-electron chi connectivity index (χ1n) is 4.56. The van der Waals surface area contributed by atoms with Gasteiger partial charge in [0.25, 0.3) is 0 Å². The molecular formula is C6H16Si. The van der Waals surface area contributed by atoms with Gasteiger partial charge < -0.3 is 0 Å². The fourth-order valence-electron chi connectivity index (χ4n) is 0.552. The zero-order valence-corrected chi connectivity index (χ0v) is 6.04. The first kappa shape index (κ1) is 3.28. The maximum absolute atomic E-state index is 7.04. The Bertz CT molecular complexity index is 79.6. The molecule has 7 heavy (non-hydrogen) atoms. The molecule has 0 aromatic heterocycles. The van der Waals surface area contributed by atoms with Crippen LogP contribution in [0.5, 0.6) is 0 Å². The first-order chi connectivity index (χ1) is 4.56. The minimum atomic E-state index is -2.96. The van der Waals surface area contributed by atoms with E-state index in [-0.39, 0.29) is 0 Å². The van der Waals surface area contributed by atoms with Gasteiger partial charge >= 0.3 is 0 Å². The van der Waals surface area contributed by atoms with Crippen molar-refractivity contribution in [1.82, 2.24) is 0 Å². The summed E-state index contributed by atoms with van der Waals surface area (Å²) in [5.41, 5.74) is 0. The summed E-state index contributed by atoms with van der Waals surface area (Å²) in [5, 5.41) is 0. The summed E-state index contributed by atoms with van der Waals surface area (Å²) in [6, 6.07) is 0.521. The maximum atomic E-state index is 7.04. The predicted molar refractivity (Wildman–Crippen MR) is 38.9 cm³/mol. The van der Waals surface area contributed by atoms with Crippen molar-refractivity contribution in [1.29, 1.82) is 3.70 Å². The van der Waals surface area contributed by atoms with E-state index in [2.05, 4.69) is 6.92 Å². The third-order valence-electron chi connectivity index (χ3n) is 1.03. The van der Waals surface area contributed by atoms with E-state index in [0.29, 0.717) is 6.04 Å². The lowest BCUT2D eigenvalue weighted by atomic mass is 10.2. The molecule has 0 spiro atoms. The van der Waals surface area contributed by atoms with Crippen molar-refractivity contribution >= 4 is 10.0 Å². The van der Waals surface area contributed by atoms with Crippen LogP contribution in [0.2, 0.25) is 6.04 Å². The lowest BCUT2D eigenvalue weighted by Crippen LogP contribution is -1.72. The standard InChI is InChI=1S/C6H16Si/c1-2-3-4-5-6-7/h2-6H2,1,7H3/i7T3. The highest BCUT2D eigenvalue weighted by atomic mass is 28.1. The van der Waals surface area contributed by atoms with Gasteiger partial charge in [0.1, 0.15) is 0 Å². The SMILES string of the molecule is [3H][Si]([3H])([3H])CCCCCC. The average molecular weight is 122 g/mol. The fraction of sp³-hybridized carbons (Fsp3) is 1.00. The van der Waals surface area contributed by atoms with Crippen LogP contribution >= 0.6 is 0 Å². The molecule has 1 heteroatoms. The summed E-state index contributed by atoms with van der Waals surface area (Å²) < 4.78 is 21.1. The molecule has 0 rings (SSSR count). The summed E-state index contributed by atoms with van der Waals surface area (Å²) in [6.45, 7) is 2.13. The first-order valence-corrected chi connectivity index (χ1v) is 3.77. The number of hydrogen-bond donors (Lipinski definition) is 0. The van der Waals surface area contributed by atoms with Crippen LogP contribution in [0.3, 0.4) is 0 Å². The molecule has 0 aliphatic rings. The molecule has 0 amide bonds. The molecule has 0 aromatic rings. The molecule has 0 saturated heterocycles. The molecule has 44 valence electrons. The van der Waals surface area contributed by atoms with Crippen LogP contribution in [0.4, 0.5) is 0 Å². The number of rotatable bonds is 5. The van der Waals surface area contributed by atoms with E-state index < -0.39 is 10.0 Å². The number of hydrogen-bond acceptors (Lipinski definition) is 0. The van der Waals surface area contributed by atoms with Crippen LogP contribution < -0.4 is 0 Å². The van der Waals surface area contributed by atoms with E-state index in [4.69, 9.17) is 3.70 Å². The third kappa shape index (κ3) is 6.22. The van der Waals surface area contributed by atoms with E-state index in [1.54, 1.807) is 0 Å². The minimum Gasteiger partial charge on any atom is -0.0658 e. The molecule has 0 unspecified atom stereocenters. The molecule has 0 saturated carbocycles. The van der Waals surface area contributed by atoms with Crippen molar-refractivity contribution in [2.75, 3.05) is 0 Å². The lowest BCUT2D eigenvalue weighted by Gasteiger charge is -1.90. The van der Waals surface area contributed by atoms with Gasteiger partial charge in [0.2, 0.25) is 0 Å². The minimum absolute atomic E-state index is 0.521. The highest BCUT2D eigenvalue weighted by Gasteiger charge is 1.80. The third-order valence-corrected chi connectivity index (χ3v) is 1.38. The van der Waals surface area contributed by atoms with Crippen LogP contribution in [-0.2, 0) is 0 Å². The predicted octanol–water partition coefficient (Wildman–Crippen LogP) is 1.35. The van der Waals surface area contributed by atoms with Crippen molar-refractivity contribution in [3.8, 4) is 0 Å². The van der Waals surface area contributed by atoms with Gasteiger partial charge in [-0.05, 0) is 0 Å². The molecule has 0 N–H and O–H groups in total. The van der Waals surface area contributed by atoms with Crippen molar-refractivity contribution in [2.45, 2.75) is 38.7 Å². The van der Waals surface area contributed by atoms with Crippen LogP contribution in [0, 0.1) is 0 Å². The van der Waals surface area contributed by atoms with E-state index in [1.165, 1.54) is 12.8 Å². The molecule has 0 heterocycles.